The van der Waals surface area contributed by atoms with Gasteiger partial charge in [-0.3, -0.25) is 0 Å². The molecule has 1 atom stereocenters. The van der Waals surface area contributed by atoms with Crippen molar-refractivity contribution >= 4 is 10.1 Å². The number of ether oxygens (including phenoxy) is 1. The van der Waals surface area contributed by atoms with Crippen LogP contribution in [-0.2, 0) is 14.9 Å². The zero-order valence-corrected chi connectivity index (χ0v) is 17.6. The number of hydrogen-bond acceptors (Lipinski definition) is 4. The van der Waals surface area contributed by atoms with Gasteiger partial charge in [-0.25, -0.2) is 8.42 Å². The van der Waals surface area contributed by atoms with Crippen molar-refractivity contribution < 1.29 is 47.3 Å². The van der Waals surface area contributed by atoms with Gasteiger partial charge >= 0.3 is 29.6 Å². The Kier molecular flexibility index (Phi) is 19.1. The summed E-state index contributed by atoms with van der Waals surface area (Å²) in [5, 5.41) is 0. The zero-order chi connectivity index (χ0) is 16.0. The van der Waals surface area contributed by atoms with Gasteiger partial charge in [-0.15, -0.1) is 0 Å². The summed E-state index contributed by atoms with van der Waals surface area (Å²) in [4.78, 5) is 0. The van der Waals surface area contributed by atoms with Crippen molar-refractivity contribution in [1.82, 2.24) is 0 Å². The van der Waals surface area contributed by atoms with Crippen molar-refractivity contribution in [3.8, 4) is 0 Å². The molecule has 0 saturated carbocycles. The minimum atomic E-state index is -4.13. The average Bonchev–Trinajstić information content (AvgIpc) is 2.42. The molecule has 0 aliphatic heterocycles. The predicted molar refractivity (Wildman–Crippen MR) is 86.4 cm³/mol. The second-order valence-electron chi connectivity index (χ2n) is 5.81. The standard InChI is InChI=1S/C16H34O4S.Na/c1-3-5-7-8-9-10-11-12-16(20-14-6-4-2)13-15-21(17,18)19;/h16H,3-15H2,1-2H3,(H,17,18,19);/q;+1/p-1. The summed E-state index contributed by atoms with van der Waals surface area (Å²) in [5.41, 5.74) is 0. The van der Waals surface area contributed by atoms with E-state index >= 15 is 0 Å². The van der Waals surface area contributed by atoms with Crippen molar-refractivity contribution in [2.75, 3.05) is 12.4 Å². The summed E-state index contributed by atoms with van der Waals surface area (Å²) in [6.07, 6.45) is 11.8. The topological polar surface area (TPSA) is 66.4 Å². The molecule has 0 aromatic heterocycles. The van der Waals surface area contributed by atoms with E-state index in [4.69, 9.17) is 4.74 Å². The minimum absolute atomic E-state index is 0. The average molecular weight is 344 g/mol. The molecule has 0 spiro atoms. The van der Waals surface area contributed by atoms with Gasteiger partial charge in [-0.2, -0.15) is 0 Å². The molecular weight excluding hydrogens is 311 g/mol. The van der Waals surface area contributed by atoms with Gasteiger partial charge in [0, 0.05) is 12.4 Å². The molecule has 0 aromatic carbocycles. The van der Waals surface area contributed by atoms with Gasteiger partial charge in [0.1, 0.15) is 0 Å². The Balaban J connectivity index is 0. The Hall–Kier alpha value is 0.870. The summed E-state index contributed by atoms with van der Waals surface area (Å²) in [6, 6.07) is 0. The summed E-state index contributed by atoms with van der Waals surface area (Å²) in [7, 11) is -4.13. The minimum Gasteiger partial charge on any atom is -0.748 e. The molecule has 0 N–H and O–H groups in total. The third kappa shape index (κ3) is 18.9. The van der Waals surface area contributed by atoms with E-state index in [2.05, 4.69) is 13.8 Å². The molecule has 22 heavy (non-hydrogen) atoms. The van der Waals surface area contributed by atoms with Gasteiger partial charge < -0.3 is 9.29 Å². The van der Waals surface area contributed by atoms with Crippen LogP contribution in [0.2, 0.25) is 0 Å². The van der Waals surface area contributed by atoms with Crippen LogP contribution in [0.3, 0.4) is 0 Å². The number of hydrogen-bond donors (Lipinski definition) is 0. The smallest absolute Gasteiger partial charge is 0.748 e. The van der Waals surface area contributed by atoms with Crippen molar-refractivity contribution in [1.29, 1.82) is 0 Å². The number of rotatable bonds is 15. The normalized spacial score (nSPS) is 12.9. The summed E-state index contributed by atoms with van der Waals surface area (Å²) < 4.78 is 37.9. The van der Waals surface area contributed by atoms with E-state index in [9.17, 15) is 13.0 Å². The van der Waals surface area contributed by atoms with Crippen molar-refractivity contribution in [3.05, 3.63) is 0 Å². The van der Waals surface area contributed by atoms with Crippen LogP contribution >= 0.6 is 0 Å². The molecule has 0 radical (unpaired) electrons. The molecule has 6 heteroatoms. The molecule has 0 fully saturated rings. The molecule has 1 unspecified atom stereocenters. The van der Waals surface area contributed by atoms with Crippen LogP contribution < -0.4 is 29.6 Å². The molecule has 0 saturated heterocycles. The van der Waals surface area contributed by atoms with Crippen molar-refractivity contribution in [2.45, 2.75) is 90.6 Å². The van der Waals surface area contributed by atoms with Crippen LogP contribution in [-0.4, -0.2) is 31.4 Å². The first-order chi connectivity index (χ1) is 9.99. The van der Waals surface area contributed by atoms with Gasteiger partial charge in [-0.1, -0.05) is 65.2 Å². The predicted octanol–water partition coefficient (Wildman–Crippen LogP) is 1.25. The molecule has 0 aliphatic carbocycles. The SMILES string of the molecule is CCCCCCCCCC(CCS(=O)(=O)[O-])OCCCC.[Na+]. The second kappa shape index (κ2) is 16.7. The Bertz CT molecular complexity index is 320. The van der Waals surface area contributed by atoms with Gasteiger partial charge in [0.05, 0.1) is 16.2 Å². The molecule has 0 aliphatic rings. The van der Waals surface area contributed by atoms with Crippen molar-refractivity contribution in [2.24, 2.45) is 0 Å². The summed E-state index contributed by atoms with van der Waals surface area (Å²) >= 11 is 0. The Morgan fingerprint density at radius 2 is 1.41 bits per heavy atom. The summed E-state index contributed by atoms with van der Waals surface area (Å²) in [5.74, 6) is -0.305. The molecule has 4 nitrogen and oxygen atoms in total. The van der Waals surface area contributed by atoms with Gasteiger partial charge in [0.2, 0.25) is 0 Å². The molecule has 128 valence electrons. The molecule has 0 heterocycles. The van der Waals surface area contributed by atoms with E-state index in [1.807, 2.05) is 0 Å². The Morgan fingerprint density at radius 3 is 1.95 bits per heavy atom. The van der Waals surface area contributed by atoms with Crippen LogP contribution in [0.1, 0.15) is 84.5 Å². The quantitative estimate of drug-likeness (QED) is 0.255. The van der Waals surface area contributed by atoms with Gasteiger partial charge in [-0.05, 0) is 19.3 Å². The van der Waals surface area contributed by atoms with E-state index in [-0.39, 0.29) is 41.4 Å². The van der Waals surface area contributed by atoms with Crippen LogP contribution in [0, 0.1) is 0 Å². The first-order valence-corrected chi connectivity index (χ1v) is 10.1. The van der Waals surface area contributed by atoms with Gasteiger partial charge in [0.15, 0.2) is 0 Å². The first kappa shape index (κ1) is 25.1. The monoisotopic (exact) mass is 344 g/mol. The molecule has 0 aromatic rings. The fraction of sp³-hybridized carbons (Fsp3) is 1.00. The van der Waals surface area contributed by atoms with E-state index in [1.165, 1.54) is 38.5 Å². The first-order valence-electron chi connectivity index (χ1n) is 8.54. The fourth-order valence-corrected chi connectivity index (χ4v) is 2.86. The molecule has 0 rings (SSSR count). The molecule has 0 amide bonds. The number of unbranched alkanes of at least 4 members (excludes halogenated alkanes) is 7. The van der Waals surface area contributed by atoms with Crippen LogP contribution in [0.15, 0.2) is 0 Å². The largest absolute Gasteiger partial charge is 1.00 e. The molecular formula is C16H33NaO4S. The van der Waals surface area contributed by atoms with E-state index in [0.717, 1.165) is 25.7 Å². The maximum absolute atomic E-state index is 10.7. The van der Waals surface area contributed by atoms with Crippen LogP contribution in [0.4, 0.5) is 0 Å². The maximum Gasteiger partial charge on any atom is 1.00 e. The Labute approximate surface area is 159 Å². The zero-order valence-electron chi connectivity index (χ0n) is 14.8. The third-order valence-corrected chi connectivity index (χ3v) is 4.41. The fourth-order valence-electron chi connectivity index (χ4n) is 2.31. The molecule has 0 bridgehead atoms. The Morgan fingerprint density at radius 1 is 0.864 bits per heavy atom. The van der Waals surface area contributed by atoms with E-state index in [0.29, 0.717) is 13.0 Å². The third-order valence-electron chi connectivity index (χ3n) is 3.67. The van der Waals surface area contributed by atoms with Crippen LogP contribution in [0.5, 0.6) is 0 Å². The second-order valence-corrected chi connectivity index (χ2v) is 7.33. The van der Waals surface area contributed by atoms with E-state index in [1.54, 1.807) is 0 Å². The van der Waals surface area contributed by atoms with E-state index < -0.39 is 10.1 Å². The maximum atomic E-state index is 10.7. The van der Waals surface area contributed by atoms with Gasteiger partial charge in [0.25, 0.3) is 0 Å². The van der Waals surface area contributed by atoms with Crippen LogP contribution in [0.25, 0.3) is 0 Å². The van der Waals surface area contributed by atoms with Crippen molar-refractivity contribution in [3.63, 3.8) is 0 Å². The summed E-state index contributed by atoms with van der Waals surface area (Å²) in [6.45, 7) is 4.97.